The Morgan fingerprint density at radius 3 is 2.47 bits per heavy atom. The molecule has 1 aliphatic heterocycles. The van der Waals surface area contributed by atoms with Crippen molar-refractivity contribution in [2.75, 3.05) is 13.1 Å². The van der Waals surface area contributed by atoms with Crippen LogP contribution in [0, 0.1) is 5.82 Å². The molecular formula is C25H26Cl2FN3O. The van der Waals surface area contributed by atoms with Gasteiger partial charge in [-0.2, -0.15) is 5.10 Å². The van der Waals surface area contributed by atoms with Gasteiger partial charge in [0.05, 0.1) is 27.3 Å². The molecule has 0 N–H and O–H groups in total. The van der Waals surface area contributed by atoms with E-state index < -0.39 is 0 Å². The van der Waals surface area contributed by atoms with Crippen LogP contribution < -0.4 is 0 Å². The summed E-state index contributed by atoms with van der Waals surface area (Å²) >= 11 is 12.6. The highest BCUT2D eigenvalue weighted by Gasteiger charge is 2.31. The molecular weight excluding hydrogens is 448 g/mol. The van der Waals surface area contributed by atoms with Gasteiger partial charge in [-0.3, -0.25) is 9.69 Å². The number of carbonyl (C=O) groups is 1. The van der Waals surface area contributed by atoms with Gasteiger partial charge in [0.25, 0.3) is 0 Å². The number of hydrogen-bond donors (Lipinski definition) is 0. The Balaban J connectivity index is 1.54. The van der Waals surface area contributed by atoms with Crippen LogP contribution >= 0.6 is 23.2 Å². The summed E-state index contributed by atoms with van der Waals surface area (Å²) in [7, 11) is 0. The third-order valence-electron chi connectivity index (χ3n) is 6.24. The van der Waals surface area contributed by atoms with E-state index in [9.17, 15) is 9.18 Å². The first-order valence-electron chi connectivity index (χ1n) is 11.0. The number of benzene rings is 2. The van der Waals surface area contributed by atoms with Crippen LogP contribution in [-0.4, -0.2) is 39.6 Å². The Morgan fingerprint density at radius 2 is 1.84 bits per heavy atom. The summed E-state index contributed by atoms with van der Waals surface area (Å²) in [6, 6.07) is 9.39. The summed E-state index contributed by atoms with van der Waals surface area (Å²) in [5.74, 6) is -0.00695. The molecule has 1 unspecified atom stereocenters. The maximum absolute atomic E-state index is 13.3. The van der Waals surface area contributed by atoms with Crippen molar-refractivity contribution in [3.8, 4) is 0 Å². The molecule has 1 saturated heterocycles. The molecule has 0 spiro atoms. The number of aromatic nitrogens is 2. The minimum atomic E-state index is -0.332. The standard InChI is InChI=1S/C25H26Cl2FN3O/c1-3-11-31-23-15-21(27)20(26)14-19(23)24(29-31)16-9-12-30(13-10-16)22(4-2)25(32)17-5-7-18(28)8-6-17/h3,5-8,11,14-16,22H,4,9-10,12-13H2,1-2H3/b11-3-. The van der Waals surface area contributed by atoms with Gasteiger partial charge in [0.15, 0.2) is 5.78 Å². The van der Waals surface area contributed by atoms with E-state index in [2.05, 4.69) is 4.90 Å². The third-order valence-corrected chi connectivity index (χ3v) is 6.96. The molecule has 1 aromatic heterocycles. The van der Waals surface area contributed by atoms with Crippen molar-refractivity contribution < 1.29 is 9.18 Å². The van der Waals surface area contributed by atoms with Crippen LogP contribution in [-0.2, 0) is 0 Å². The van der Waals surface area contributed by atoms with Crippen molar-refractivity contribution in [3.05, 3.63) is 69.6 Å². The molecule has 0 amide bonds. The Hall–Kier alpha value is -2.21. The number of carbonyl (C=O) groups excluding carboxylic acids is 1. The molecule has 4 rings (SSSR count). The van der Waals surface area contributed by atoms with E-state index in [4.69, 9.17) is 28.3 Å². The van der Waals surface area contributed by atoms with E-state index in [-0.39, 0.29) is 23.6 Å². The number of nitrogens with zero attached hydrogens (tertiary/aromatic N) is 3. The Labute approximate surface area is 197 Å². The number of fused-ring (bicyclic) bond motifs is 1. The second-order valence-electron chi connectivity index (χ2n) is 8.20. The van der Waals surface area contributed by atoms with Crippen molar-refractivity contribution in [1.82, 2.24) is 14.7 Å². The smallest absolute Gasteiger partial charge is 0.179 e. The van der Waals surface area contributed by atoms with E-state index in [1.165, 1.54) is 12.1 Å². The Bertz CT molecular complexity index is 1150. The van der Waals surface area contributed by atoms with Crippen LogP contribution in [0.4, 0.5) is 4.39 Å². The van der Waals surface area contributed by atoms with Crippen molar-refractivity contribution in [3.63, 3.8) is 0 Å². The number of halogens is 3. The van der Waals surface area contributed by atoms with E-state index in [1.807, 2.05) is 42.9 Å². The maximum atomic E-state index is 13.3. The molecule has 2 aromatic carbocycles. The normalized spacial score (nSPS) is 16.8. The molecule has 2 heterocycles. The summed E-state index contributed by atoms with van der Waals surface area (Å²) in [5, 5.41) is 6.91. The number of hydrogen-bond acceptors (Lipinski definition) is 3. The van der Waals surface area contributed by atoms with Crippen molar-refractivity contribution in [2.24, 2.45) is 0 Å². The predicted molar refractivity (Wildman–Crippen MR) is 129 cm³/mol. The first-order valence-corrected chi connectivity index (χ1v) is 11.7. The molecule has 0 aliphatic carbocycles. The quantitative estimate of drug-likeness (QED) is 0.368. The van der Waals surface area contributed by atoms with Gasteiger partial charge >= 0.3 is 0 Å². The minimum Gasteiger partial charge on any atom is -0.293 e. The van der Waals surface area contributed by atoms with Crippen molar-refractivity contribution >= 4 is 46.1 Å². The molecule has 3 aromatic rings. The van der Waals surface area contributed by atoms with Crippen molar-refractivity contribution in [1.29, 1.82) is 0 Å². The molecule has 0 bridgehead atoms. The second-order valence-corrected chi connectivity index (χ2v) is 9.02. The van der Waals surface area contributed by atoms with E-state index in [1.54, 1.807) is 12.1 Å². The minimum absolute atomic E-state index is 0.0511. The zero-order valence-corrected chi connectivity index (χ0v) is 19.7. The lowest BCUT2D eigenvalue weighted by Crippen LogP contribution is -2.45. The van der Waals surface area contributed by atoms with Gasteiger partial charge in [-0.25, -0.2) is 9.07 Å². The number of piperidine rings is 1. The molecule has 1 fully saturated rings. The summed E-state index contributed by atoms with van der Waals surface area (Å²) in [6.45, 7) is 5.58. The number of allylic oxidation sites excluding steroid dienone is 1. The average Bonchev–Trinajstić information content (AvgIpc) is 3.13. The first-order chi connectivity index (χ1) is 15.4. The number of Topliss-reactive ketones (excluding diaryl/α,β-unsaturated/α-hetero) is 1. The van der Waals surface area contributed by atoms with Crippen LogP contribution in [0.15, 0.2) is 42.5 Å². The second kappa shape index (κ2) is 9.74. The van der Waals surface area contributed by atoms with Gasteiger partial charge in [-0.15, -0.1) is 0 Å². The van der Waals surface area contributed by atoms with Crippen LogP contribution in [0.3, 0.4) is 0 Å². The van der Waals surface area contributed by atoms with Gasteiger partial charge in [-0.05, 0) is 75.7 Å². The van der Waals surface area contributed by atoms with Gasteiger partial charge in [0.2, 0.25) is 0 Å². The van der Waals surface area contributed by atoms with Crippen LogP contribution in [0.5, 0.6) is 0 Å². The van der Waals surface area contributed by atoms with Gasteiger partial charge in [0.1, 0.15) is 5.82 Å². The molecule has 32 heavy (non-hydrogen) atoms. The topological polar surface area (TPSA) is 38.1 Å². The average molecular weight is 474 g/mol. The Kier molecular flexibility index (Phi) is 6.99. The van der Waals surface area contributed by atoms with Crippen LogP contribution in [0.1, 0.15) is 55.1 Å². The van der Waals surface area contributed by atoms with Gasteiger partial charge in [-0.1, -0.05) is 36.2 Å². The fourth-order valence-electron chi connectivity index (χ4n) is 4.61. The van der Waals surface area contributed by atoms with Gasteiger partial charge < -0.3 is 0 Å². The Morgan fingerprint density at radius 1 is 1.19 bits per heavy atom. The molecule has 4 nitrogen and oxygen atoms in total. The lowest BCUT2D eigenvalue weighted by Gasteiger charge is -2.36. The first kappa shape index (κ1) is 23.0. The zero-order valence-electron chi connectivity index (χ0n) is 18.2. The fraction of sp³-hybridized carbons (Fsp3) is 0.360. The highest BCUT2D eigenvalue weighted by atomic mass is 35.5. The van der Waals surface area contributed by atoms with Crippen LogP contribution in [0.2, 0.25) is 10.0 Å². The van der Waals surface area contributed by atoms with Gasteiger partial charge in [0, 0.05) is 23.1 Å². The number of rotatable bonds is 6. The maximum Gasteiger partial charge on any atom is 0.179 e. The lowest BCUT2D eigenvalue weighted by atomic mass is 9.89. The summed E-state index contributed by atoms with van der Waals surface area (Å²) in [5.41, 5.74) is 2.52. The highest BCUT2D eigenvalue weighted by molar-refractivity contribution is 6.42. The largest absolute Gasteiger partial charge is 0.293 e. The molecule has 7 heteroatoms. The molecule has 168 valence electrons. The van der Waals surface area contributed by atoms with E-state index in [0.717, 1.165) is 42.5 Å². The summed E-state index contributed by atoms with van der Waals surface area (Å²) in [4.78, 5) is 15.3. The number of likely N-dealkylation sites (tertiary alicyclic amines) is 1. The van der Waals surface area contributed by atoms with Crippen LogP contribution in [0.25, 0.3) is 17.1 Å². The zero-order chi connectivity index (χ0) is 22.8. The molecule has 0 saturated carbocycles. The third kappa shape index (κ3) is 4.47. The van der Waals surface area contributed by atoms with E-state index in [0.29, 0.717) is 22.0 Å². The highest BCUT2D eigenvalue weighted by Crippen LogP contribution is 2.37. The monoisotopic (exact) mass is 473 g/mol. The number of ketones is 1. The summed E-state index contributed by atoms with van der Waals surface area (Å²) in [6.07, 6.45) is 6.37. The SMILES string of the molecule is C/C=C\n1nc(C2CCN(C(CC)C(=O)c3ccc(F)cc3)CC2)c2cc(Cl)c(Cl)cc21. The van der Waals surface area contributed by atoms with E-state index >= 15 is 0 Å². The fourth-order valence-corrected chi connectivity index (χ4v) is 4.93. The summed E-state index contributed by atoms with van der Waals surface area (Å²) < 4.78 is 15.1. The molecule has 1 atom stereocenters. The van der Waals surface area contributed by atoms with Crippen molar-refractivity contribution in [2.45, 2.75) is 45.1 Å². The molecule has 0 radical (unpaired) electrons. The lowest BCUT2D eigenvalue weighted by molar-refractivity contribution is 0.0762. The molecule has 1 aliphatic rings. The predicted octanol–water partition coefficient (Wildman–Crippen LogP) is 6.81.